The molecule has 0 bridgehead atoms. The normalized spacial score (nSPS) is 11.1. The molecule has 1 rings (SSSR count). The largest absolute Gasteiger partial charge is 0.317 e. The van der Waals surface area contributed by atoms with E-state index in [2.05, 4.69) is 41.2 Å². The Balaban J connectivity index is 2.14. The number of hydrogen-bond donors (Lipinski definition) is 1. The second-order valence-electron chi connectivity index (χ2n) is 2.60. The summed E-state index contributed by atoms with van der Waals surface area (Å²) in [6.07, 6.45) is 5.50. The standard InChI is InChI=1S/C10H15NS/c1-2-11-7-4-3-5-10-6-8-12-9-10/h3,5-6,8-9,11H,2,4,7H2,1H3. The summed E-state index contributed by atoms with van der Waals surface area (Å²) in [5.41, 5.74) is 1.32. The zero-order valence-electron chi connectivity index (χ0n) is 7.42. The van der Waals surface area contributed by atoms with E-state index in [0.29, 0.717) is 0 Å². The number of rotatable bonds is 5. The summed E-state index contributed by atoms with van der Waals surface area (Å²) in [7, 11) is 0. The predicted octanol–water partition coefficient (Wildman–Crippen LogP) is 2.76. The fraction of sp³-hybridized carbons (Fsp3) is 0.400. The van der Waals surface area contributed by atoms with E-state index in [1.165, 1.54) is 5.56 Å². The van der Waals surface area contributed by atoms with Gasteiger partial charge in [0.25, 0.3) is 0 Å². The Bertz CT molecular complexity index is 214. The first-order valence-electron chi connectivity index (χ1n) is 4.33. The number of thiophene rings is 1. The second-order valence-corrected chi connectivity index (χ2v) is 3.38. The lowest BCUT2D eigenvalue weighted by Crippen LogP contribution is -2.12. The van der Waals surface area contributed by atoms with E-state index < -0.39 is 0 Å². The van der Waals surface area contributed by atoms with Crippen LogP contribution in [0.4, 0.5) is 0 Å². The van der Waals surface area contributed by atoms with Gasteiger partial charge in [-0.15, -0.1) is 0 Å². The van der Waals surface area contributed by atoms with Gasteiger partial charge in [0.05, 0.1) is 0 Å². The predicted molar refractivity (Wildman–Crippen MR) is 56.5 cm³/mol. The summed E-state index contributed by atoms with van der Waals surface area (Å²) in [5.74, 6) is 0. The smallest absolute Gasteiger partial charge is 0.00143 e. The van der Waals surface area contributed by atoms with Crippen LogP contribution in [-0.2, 0) is 0 Å². The van der Waals surface area contributed by atoms with E-state index in [9.17, 15) is 0 Å². The van der Waals surface area contributed by atoms with Crippen LogP contribution in [0.15, 0.2) is 22.9 Å². The van der Waals surface area contributed by atoms with Crippen molar-refractivity contribution >= 4 is 17.4 Å². The Morgan fingerprint density at radius 3 is 3.17 bits per heavy atom. The first-order chi connectivity index (χ1) is 5.93. The van der Waals surface area contributed by atoms with E-state index in [1.807, 2.05) is 0 Å². The maximum absolute atomic E-state index is 3.28. The topological polar surface area (TPSA) is 12.0 Å². The Morgan fingerprint density at radius 1 is 1.58 bits per heavy atom. The molecule has 1 nitrogen and oxygen atoms in total. The van der Waals surface area contributed by atoms with Gasteiger partial charge < -0.3 is 5.32 Å². The van der Waals surface area contributed by atoms with Gasteiger partial charge in [-0.05, 0) is 41.9 Å². The van der Waals surface area contributed by atoms with Crippen LogP contribution in [-0.4, -0.2) is 13.1 Å². The van der Waals surface area contributed by atoms with E-state index in [4.69, 9.17) is 0 Å². The third-order valence-corrected chi connectivity index (χ3v) is 2.29. The van der Waals surface area contributed by atoms with E-state index >= 15 is 0 Å². The molecular formula is C10H15NS. The van der Waals surface area contributed by atoms with E-state index in [1.54, 1.807) is 11.3 Å². The highest BCUT2D eigenvalue weighted by molar-refractivity contribution is 7.08. The number of nitrogens with one attached hydrogen (secondary N) is 1. The molecule has 66 valence electrons. The average molecular weight is 181 g/mol. The molecule has 0 fully saturated rings. The highest BCUT2D eigenvalue weighted by Gasteiger charge is 1.84. The lowest BCUT2D eigenvalue weighted by Gasteiger charge is -1.94. The molecule has 0 amide bonds. The van der Waals surface area contributed by atoms with E-state index in [-0.39, 0.29) is 0 Å². The minimum absolute atomic E-state index is 1.06. The first-order valence-corrected chi connectivity index (χ1v) is 5.27. The summed E-state index contributed by atoms with van der Waals surface area (Å²) in [5, 5.41) is 7.54. The summed E-state index contributed by atoms with van der Waals surface area (Å²) >= 11 is 1.74. The van der Waals surface area contributed by atoms with Gasteiger partial charge in [0.2, 0.25) is 0 Å². The summed E-state index contributed by atoms with van der Waals surface area (Å²) in [6.45, 7) is 4.27. The zero-order valence-corrected chi connectivity index (χ0v) is 8.23. The maximum atomic E-state index is 3.28. The third-order valence-electron chi connectivity index (χ3n) is 1.59. The molecule has 0 aliphatic heterocycles. The van der Waals surface area contributed by atoms with Crippen molar-refractivity contribution in [3.63, 3.8) is 0 Å². The van der Waals surface area contributed by atoms with Crippen molar-refractivity contribution in [2.75, 3.05) is 13.1 Å². The molecule has 0 saturated heterocycles. The fourth-order valence-electron chi connectivity index (χ4n) is 0.951. The maximum Gasteiger partial charge on any atom is -0.00143 e. The molecule has 0 atom stereocenters. The summed E-state index contributed by atoms with van der Waals surface area (Å²) in [6, 6.07) is 2.13. The highest BCUT2D eigenvalue weighted by atomic mass is 32.1. The molecule has 0 aliphatic carbocycles. The third kappa shape index (κ3) is 3.69. The molecule has 0 unspecified atom stereocenters. The first kappa shape index (κ1) is 9.49. The van der Waals surface area contributed by atoms with Gasteiger partial charge in [0, 0.05) is 0 Å². The zero-order chi connectivity index (χ0) is 8.65. The lowest BCUT2D eigenvalue weighted by atomic mass is 10.3. The molecule has 1 aromatic heterocycles. The van der Waals surface area contributed by atoms with Gasteiger partial charge in [0.15, 0.2) is 0 Å². The van der Waals surface area contributed by atoms with Crippen molar-refractivity contribution in [3.05, 3.63) is 28.5 Å². The van der Waals surface area contributed by atoms with Crippen LogP contribution in [0.3, 0.4) is 0 Å². The Hall–Kier alpha value is -0.600. The molecule has 0 aromatic carbocycles. The van der Waals surface area contributed by atoms with Crippen LogP contribution in [0, 0.1) is 0 Å². The van der Waals surface area contributed by atoms with Gasteiger partial charge in [-0.2, -0.15) is 11.3 Å². The van der Waals surface area contributed by atoms with Gasteiger partial charge in [0.1, 0.15) is 0 Å². The Morgan fingerprint density at radius 2 is 2.50 bits per heavy atom. The molecule has 0 aliphatic rings. The average Bonchev–Trinajstić information content (AvgIpc) is 2.57. The number of hydrogen-bond acceptors (Lipinski definition) is 2. The van der Waals surface area contributed by atoms with Gasteiger partial charge >= 0.3 is 0 Å². The van der Waals surface area contributed by atoms with E-state index in [0.717, 1.165) is 19.5 Å². The quantitative estimate of drug-likeness (QED) is 0.689. The summed E-state index contributed by atoms with van der Waals surface area (Å²) < 4.78 is 0. The molecule has 1 heterocycles. The van der Waals surface area contributed by atoms with Crippen molar-refractivity contribution < 1.29 is 0 Å². The van der Waals surface area contributed by atoms with Crippen molar-refractivity contribution in [2.45, 2.75) is 13.3 Å². The van der Waals surface area contributed by atoms with Crippen molar-refractivity contribution in [2.24, 2.45) is 0 Å². The van der Waals surface area contributed by atoms with Crippen LogP contribution in [0.25, 0.3) is 6.08 Å². The highest BCUT2D eigenvalue weighted by Crippen LogP contribution is 2.07. The van der Waals surface area contributed by atoms with Crippen molar-refractivity contribution in [1.82, 2.24) is 5.32 Å². The van der Waals surface area contributed by atoms with Crippen LogP contribution in [0.1, 0.15) is 18.9 Å². The molecule has 0 spiro atoms. The second kappa shape index (κ2) is 5.98. The molecule has 1 aromatic rings. The van der Waals surface area contributed by atoms with Crippen molar-refractivity contribution in [3.8, 4) is 0 Å². The monoisotopic (exact) mass is 181 g/mol. The Labute approximate surface area is 78.1 Å². The fourth-order valence-corrected chi connectivity index (χ4v) is 1.58. The molecule has 2 heteroatoms. The SMILES string of the molecule is CCNCCC=Cc1ccsc1. The van der Waals surface area contributed by atoms with Crippen molar-refractivity contribution in [1.29, 1.82) is 0 Å². The molecule has 12 heavy (non-hydrogen) atoms. The minimum atomic E-state index is 1.06. The van der Waals surface area contributed by atoms with Crippen LogP contribution in [0.2, 0.25) is 0 Å². The molecular weight excluding hydrogens is 166 g/mol. The molecule has 0 saturated carbocycles. The van der Waals surface area contributed by atoms with Crippen LogP contribution < -0.4 is 5.32 Å². The summed E-state index contributed by atoms with van der Waals surface area (Å²) in [4.78, 5) is 0. The van der Waals surface area contributed by atoms with Crippen LogP contribution >= 0.6 is 11.3 Å². The molecule has 1 N–H and O–H groups in total. The van der Waals surface area contributed by atoms with Gasteiger partial charge in [-0.1, -0.05) is 19.1 Å². The lowest BCUT2D eigenvalue weighted by molar-refractivity contribution is 0.727. The Kier molecular flexibility index (Phi) is 4.73. The van der Waals surface area contributed by atoms with Gasteiger partial charge in [-0.25, -0.2) is 0 Å². The molecule has 0 radical (unpaired) electrons. The van der Waals surface area contributed by atoms with Crippen LogP contribution in [0.5, 0.6) is 0 Å². The minimum Gasteiger partial charge on any atom is -0.317 e. The van der Waals surface area contributed by atoms with Gasteiger partial charge in [-0.3, -0.25) is 0 Å².